The van der Waals surface area contributed by atoms with Crippen LogP contribution in [0.2, 0.25) is 0 Å². The van der Waals surface area contributed by atoms with Crippen LogP contribution in [0.25, 0.3) is 70.4 Å². The zero-order valence-electron chi connectivity index (χ0n) is 23.2. The fourth-order valence-electron chi connectivity index (χ4n) is 5.45. The van der Waals surface area contributed by atoms with Gasteiger partial charge in [-0.2, -0.15) is 0 Å². The summed E-state index contributed by atoms with van der Waals surface area (Å²) in [6.07, 6.45) is 7.67. The molecule has 7 rings (SSSR count). The maximum absolute atomic E-state index is 5.05. The Morgan fingerprint density at radius 3 is 2.07 bits per heavy atom. The van der Waals surface area contributed by atoms with E-state index in [1.54, 1.807) is 6.08 Å². The molecule has 0 aliphatic carbocycles. The number of fused-ring (bicyclic) bond motifs is 5. The number of benzene rings is 5. The quantitative estimate of drug-likeness (QED) is 0.191. The molecule has 0 bridgehead atoms. The Balaban J connectivity index is 1.49. The van der Waals surface area contributed by atoms with E-state index in [0.717, 1.165) is 22.1 Å². The molecular weight excluding hydrogens is 531 g/mol. The Hall–Kier alpha value is -5.19. The first-order chi connectivity index (χ1) is 20.7. The Morgan fingerprint density at radius 2 is 1.33 bits per heavy atom. The molecule has 0 N–H and O–H groups in total. The SMILES string of the molecule is C=C/C=C\C(=C/C)c1nc(-c2ccccc2)nc(-c2cc3sc4cc(-c5ccccc5)ccc4c3c3ccccc23)n1. The van der Waals surface area contributed by atoms with Gasteiger partial charge in [-0.05, 0) is 41.0 Å². The highest BCUT2D eigenvalue weighted by atomic mass is 32.1. The molecule has 200 valence electrons. The zero-order valence-corrected chi connectivity index (χ0v) is 24.0. The lowest BCUT2D eigenvalue weighted by atomic mass is 9.97. The minimum Gasteiger partial charge on any atom is -0.208 e. The number of hydrogen-bond donors (Lipinski definition) is 0. The number of thiophene rings is 1. The molecule has 4 heteroatoms. The fraction of sp³-hybridized carbons (Fsp3) is 0.0263. The molecule has 0 spiro atoms. The molecule has 0 atom stereocenters. The van der Waals surface area contributed by atoms with Crippen LogP contribution in [0.1, 0.15) is 12.7 Å². The molecule has 5 aromatic carbocycles. The van der Waals surface area contributed by atoms with Crippen LogP contribution in [0.4, 0.5) is 0 Å². The van der Waals surface area contributed by atoms with Gasteiger partial charge < -0.3 is 0 Å². The third kappa shape index (κ3) is 4.62. The summed E-state index contributed by atoms with van der Waals surface area (Å²) in [6.45, 7) is 5.83. The topological polar surface area (TPSA) is 38.7 Å². The van der Waals surface area contributed by atoms with Crippen molar-refractivity contribution in [1.29, 1.82) is 0 Å². The zero-order chi connectivity index (χ0) is 28.5. The molecule has 0 amide bonds. The minimum absolute atomic E-state index is 0.632. The Morgan fingerprint density at radius 1 is 0.643 bits per heavy atom. The van der Waals surface area contributed by atoms with Gasteiger partial charge in [0.2, 0.25) is 0 Å². The van der Waals surface area contributed by atoms with E-state index >= 15 is 0 Å². The third-order valence-electron chi connectivity index (χ3n) is 7.48. The lowest BCUT2D eigenvalue weighted by molar-refractivity contribution is 1.04. The van der Waals surface area contributed by atoms with E-state index in [1.807, 2.05) is 66.8 Å². The molecule has 0 saturated heterocycles. The van der Waals surface area contributed by atoms with Gasteiger partial charge in [-0.3, -0.25) is 0 Å². The van der Waals surface area contributed by atoms with Crippen LogP contribution in [0.15, 0.2) is 140 Å². The van der Waals surface area contributed by atoms with E-state index < -0.39 is 0 Å². The molecule has 3 nitrogen and oxygen atoms in total. The van der Waals surface area contributed by atoms with Crippen LogP contribution in [-0.4, -0.2) is 15.0 Å². The Labute approximate surface area is 248 Å². The summed E-state index contributed by atoms with van der Waals surface area (Å²) in [5.41, 5.74) is 5.30. The fourth-order valence-corrected chi connectivity index (χ4v) is 6.65. The molecule has 0 saturated carbocycles. The molecule has 42 heavy (non-hydrogen) atoms. The van der Waals surface area contributed by atoms with Crippen molar-refractivity contribution in [3.63, 3.8) is 0 Å². The first-order valence-corrected chi connectivity index (χ1v) is 14.8. The van der Waals surface area contributed by atoms with Crippen molar-refractivity contribution < 1.29 is 0 Å². The average Bonchev–Trinajstić information content (AvgIpc) is 3.43. The first kappa shape index (κ1) is 25.8. The van der Waals surface area contributed by atoms with Gasteiger partial charge in [0.1, 0.15) is 0 Å². The summed E-state index contributed by atoms with van der Waals surface area (Å²) >= 11 is 1.82. The second-order valence-electron chi connectivity index (χ2n) is 10.0. The van der Waals surface area contributed by atoms with Crippen LogP contribution in [0, 0.1) is 0 Å². The van der Waals surface area contributed by atoms with Gasteiger partial charge in [0.05, 0.1) is 0 Å². The third-order valence-corrected chi connectivity index (χ3v) is 8.58. The Kier molecular flexibility index (Phi) is 6.75. The highest BCUT2D eigenvalue weighted by Gasteiger charge is 2.18. The maximum Gasteiger partial charge on any atom is 0.164 e. The van der Waals surface area contributed by atoms with E-state index in [1.165, 1.54) is 36.7 Å². The van der Waals surface area contributed by atoms with Crippen molar-refractivity contribution >= 4 is 47.9 Å². The largest absolute Gasteiger partial charge is 0.208 e. The summed E-state index contributed by atoms with van der Waals surface area (Å²) in [6, 6.07) is 38.3. The first-order valence-electron chi connectivity index (χ1n) is 13.9. The molecule has 2 aromatic heterocycles. The number of rotatable bonds is 6. The molecule has 0 aliphatic rings. The van der Waals surface area contributed by atoms with E-state index in [2.05, 4.69) is 85.4 Å². The second-order valence-corrected chi connectivity index (χ2v) is 11.1. The van der Waals surface area contributed by atoms with Gasteiger partial charge in [0.15, 0.2) is 17.5 Å². The van der Waals surface area contributed by atoms with E-state index in [9.17, 15) is 0 Å². The van der Waals surface area contributed by atoms with Crippen LogP contribution in [0.5, 0.6) is 0 Å². The van der Waals surface area contributed by atoms with Gasteiger partial charge >= 0.3 is 0 Å². The summed E-state index contributed by atoms with van der Waals surface area (Å²) in [5, 5.41) is 4.86. The molecule has 7 aromatic rings. The highest BCUT2D eigenvalue weighted by molar-refractivity contribution is 7.26. The van der Waals surface area contributed by atoms with Gasteiger partial charge in [0.25, 0.3) is 0 Å². The number of nitrogens with zero attached hydrogens (tertiary/aromatic N) is 3. The number of allylic oxidation sites excluding steroid dienone is 5. The van der Waals surface area contributed by atoms with Crippen molar-refractivity contribution in [2.45, 2.75) is 6.92 Å². The molecule has 2 heterocycles. The molecule has 0 radical (unpaired) electrons. The number of hydrogen-bond acceptors (Lipinski definition) is 4. The molecular formula is C38H27N3S. The molecule has 0 unspecified atom stereocenters. The smallest absolute Gasteiger partial charge is 0.164 e. The minimum atomic E-state index is 0.632. The normalized spacial score (nSPS) is 12.1. The predicted molar refractivity (Wildman–Crippen MR) is 180 cm³/mol. The van der Waals surface area contributed by atoms with Crippen molar-refractivity contribution in [2.75, 3.05) is 0 Å². The maximum atomic E-state index is 5.05. The van der Waals surface area contributed by atoms with Crippen molar-refractivity contribution in [2.24, 2.45) is 0 Å². The summed E-state index contributed by atoms with van der Waals surface area (Å²) < 4.78 is 2.48. The molecule has 0 fully saturated rings. The van der Waals surface area contributed by atoms with Crippen molar-refractivity contribution in [1.82, 2.24) is 15.0 Å². The number of aromatic nitrogens is 3. The second kappa shape index (κ2) is 11.0. The van der Waals surface area contributed by atoms with Crippen LogP contribution >= 0.6 is 11.3 Å². The van der Waals surface area contributed by atoms with Gasteiger partial charge in [0, 0.05) is 36.9 Å². The van der Waals surface area contributed by atoms with Gasteiger partial charge in [-0.25, -0.2) is 15.0 Å². The van der Waals surface area contributed by atoms with E-state index in [4.69, 9.17) is 15.0 Å². The summed E-state index contributed by atoms with van der Waals surface area (Å²) in [5.74, 6) is 1.94. The van der Waals surface area contributed by atoms with Gasteiger partial charge in [-0.1, -0.05) is 128 Å². The van der Waals surface area contributed by atoms with Crippen LogP contribution in [-0.2, 0) is 0 Å². The highest BCUT2D eigenvalue weighted by Crippen LogP contribution is 2.43. The van der Waals surface area contributed by atoms with E-state index in [0.29, 0.717) is 17.5 Å². The lowest BCUT2D eigenvalue weighted by Gasteiger charge is -2.11. The standard InChI is InChI=1S/C38H27N3S/c1-3-5-14-25(4-2)36-39-37(27-17-10-7-11-18-27)41-38(40-36)32-24-34-35(30-20-13-12-19-29(30)32)31-22-21-28(23-33(31)42-34)26-15-8-6-9-16-26/h3-24H,1H2,2H3/b14-5-,25-4+. The molecule has 0 aliphatic heterocycles. The van der Waals surface area contributed by atoms with Crippen LogP contribution < -0.4 is 0 Å². The monoisotopic (exact) mass is 557 g/mol. The lowest BCUT2D eigenvalue weighted by Crippen LogP contribution is -2.02. The van der Waals surface area contributed by atoms with Gasteiger partial charge in [-0.15, -0.1) is 11.3 Å². The predicted octanol–water partition coefficient (Wildman–Crippen LogP) is 10.5. The average molecular weight is 558 g/mol. The van der Waals surface area contributed by atoms with E-state index in [-0.39, 0.29) is 0 Å². The van der Waals surface area contributed by atoms with Crippen molar-refractivity contribution in [3.05, 3.63) is 146 Å². The summed E-state index contributed by atoms with van der Waals surface area (Å²) in [7, 11) is 0. The van der Waals surface area contributed by atoms with Crippen molar-refractivity contribution in [3.8, 4) is 33.9 Å². The van der Waals surface area contributed by atoms with Crippen LogP contribution in [0.3, 0.4) is 0 Å². The Bertz CT molecular complexity index is 2160. The summed E-state index contributed by atoms with van der Waals surface area (Å²) in [4.78, 5) is 15.0.